The maximum atomic E-state index is 13.0. The smallest absolute Gasteiger partial charge is 0.268 e. The molecular weight excluding hydrogens is 330 g/mol. The van der Waals surface area contributed by atoms with Crippen LogP contribution in [0.2, 0.25) is 0 Å². The molecule has 0 saturated carbocycles. The summed E-state index contributed by atoms with van der Waals surface area (Å²) >= 11 is 0. The predicted octanol–water partition coefficient (Wildman–Crippen LogP) is 3.48. The zero-order valence-corrected chi connectivity index (χ0v) is 14.2. The molecule has 0 unspecified atom stereocenters. The average molecular weight is 349 g/mol. The van der Waals surface area contributed by atoms with Gasteiger partial charge in [-0.3, -0.25) is 4.79 Å². The Bertz CT molecular complexity index is 842. The number of hydrogen-bond acceptors (Lipinski definition) is 5. The SMILES string of the molecule is O=C([C@H](Oc1ccc(-c2nnco2)cc1)c1ccccc1)N1CCCC1. The van der Waals surface area contributed by atoms with E-state index in [1.807, 2.05) is 59.5 Å². The molecule has 1 aliphatic heterocycles. The topological polar surface area (TPSA) is 68.5 Å². The number of carbonyl (C=O) groups excluding carboxylic acids is 1. The van der Waals surface area contributed by atoms with Gasteiger partial charge >= 0.3 is 0 Å². The molecule has 2 aromatic carbocycles. The molecule has 4 rings (SSSR count). The lowest BCUT2D eigenvalue weighted by Crippen LogP contribution is -2.35. The van der Waals surface area contributed by atoms with E-state index >= 15 is 0 Å². The molecule has 1 saturated heterocycles. The molecule has 0 bridgehead atoms. The summed E-state index contributed by atoms with van der Waals surface area (Å²) in [5.41, 5.74) is 1.65. The van der Waals surface area contributed by atoms with Crippen LogP contribution < -0.4 is 4.74 Å². The van der Waals surface area contributed by atoms with E-state index < -0.39 is 6.10 Å². The van der Waals surface area contributed by atoms with Crippen molar-refractivity contribution in [3.63, 3.8) is 0 Å². The van der Waals surface area contributed by atoms with Crippen LogP contribution >= 0.6 is 0 Å². The van der Waals surface area contributed by atoms with Crippen LogP contribution in [0.25, 0.3) is 11.5 Å². The minimum Gasteiger partial charge on any atom is -0.476 e. The Morgan fingerprint density at radius 2 is 1.77 bits per heavy atom. The van der Waals surface area contributed by atoms with Crippen molar-refractivity contribution in [2.45, 2.75) is 18.9 Å². The Labute approximate surface area is 151 Å². The molecule has 0 radical (unpaired) electrons. The molecule has 0 spiro atoms. The summed E-state index contributed by atoms with van der Waals surface area (Å²) in [6.07, 6.45) is 2.74. The van der Waals surface area contributed by atoms with Crippen LogP contribution in [-0.4, -0.2) is 34.1 Å². The first kappa shape index (κ1) is 16.3. The van der Waals surface area contributed by atoms with Crippen LogP contribution in [0.5, 0.6) is 5.75 Å². The van der Waals surface area contributed by atoms with Gasteiger partial charge in [-0.15, -0.1) is 10.2 Å². The summed E-state index contributed by atoms with van der Waals surface area (Å²) in [6, 6.07) is 16.9. The van der Waals surface area contributed by atoms with E-state index in [-0.39, 0.29) is 5.91 Å². The summed E-state index contributed by atoms with van der Waals surface area (Å²) in [7, 11) is 0. The number of hydrogen-bond donors (Lipinski definition) is 0. The molecule has 132 valence electrons. The van der Waals surface area contributed by atoms with Crippen molar-refractivity contribution in [2.24, 2.45) is 0 Å². The summed E-state index contributed by atoms with van der Waals surface area (Å²) < 4.78 is 11.3. The fourth-order valence-corrected chi connectivity index (χ4v) is 3.10. The Morgan fingerprint density at radius 1 is 1.04 bits per heavy atom. The first-order valence-corrected chi connectivity index (χ1v) is 8.68. The summed E-state index contributed by atoms with van der Waals surface area (Å²) in [5, 5.41) is 7.57. The molecule has 6 heteroatoms. The second-order valence-corrected chi connectivity index (χ2v) is 6.21. The van der Waals surface area contributed by atoms with E-state index in [0.717, 1.165) is 37.1 Å². The van der Waals surface area contributed by atoms with Gasteiger partial charge in [0.25, 0.3) is 5.91 Å². The van der Waals surface area contributed by atoms with Crippen molar-refractivity contribution in [1.82, 2.24) is 15.1 Å². The zero-order chi connectivity index (χ0) is 17.8. The van der Waals surface area contributed by atoms with Gasteiger partial charge in [0.15, 0.2) is 0 Å². The van der Waals surface area contributed by atoms with Gasteiger partial charge < -0.3 is 14.1 Å². The highest BCUT2D eigenvalue weighted by molar-refractivity contribution is 5.83. The largest absolute Gasteiger partial charge is 0.476 e. The maximum Gasteiger partial charge on any atom is 0.268 e. The quantitative estimate of drug-likeness (QED) is 0.705. The molecule has 26 heavy (non-hydrogen) atoms. The number of aromatic nitrogens is 2. The normalized spacial score (nSPS) is 15.0. The number of likely N-dealkylation sites (tertiary alicyclic amines) is 1. The Hall–Kier alpha value is -3.15. The van der Waals surface area contributed by atoms with Gasteiger partial charge in [-0.2, -0.15) is 0 Å². The fourth-order valence-electron chi connectivity index (χ4n) is 3.10. The number of carbonyl (C=O) groups is 1. The van der Waals surface area contributed by atoms with Crippen molar-refractivity contribution in [3.05, 3.63) is 66.6 Å². The number of benzene rings is 2. The van der Waals surface area contributed by atoms with Gasteiger partial charge in [0.05, 0.1) is 0 Å². The highest BCUT2D eigenvalue weighted by atomic mass is 16.5. The second-order valence-electron chi connectivity index (χ2n) is 6.21. The van der Waals surface area contributed by atoms with Crippen LogP contribution in [0.3, 0.4) is 0 Å². The number of rotatable bonds is 5. The van der Waals surface area contributed by atoms with Crippen LogP contribution in [0, 0.1) is 0 Å². The Morgan fingerprint density at radius 3 is 2.42 bits per heavy atom. The lowest BCUT2D eigenvalue weighted by molar-refractivity contribution is -0.137. The third kappa shape index (κ3) is 3.44. The molecule has 1 atom stereocenters. The fraction of sp³-hybridized carbons (Fsp3) is 0.250. The minimum atomic E-state index is -0.649. The molecule has 1 aromatic heterocycles. The van der Waals surface area contributed by atoms with Gasteiger partial charge in [0, 0.05) is 24.2 Å². The van der Waals surface area contributed by atoms with E-state index in [1.54, 1.807) is 0 Å². The highest BCUT2D eigenvalue weighted by Crippen LogP contribution is 2.27. The van der Waals surface area contributed by atoms with E-state index in [1.165, 1.54) is 6.39 Å². The molecule has 0 N–H and O–H groups in total. The zero-order valence-electron chi connectivity index (χ0n) is 14.2. The molecule has 2 heterocycles. The van der Waals surface area contributed by atoms with Crippen LogP contribution in [-0.2, 0) is 4.79 Å². The Kier molecular flexibility index (Phi) is 4.64. The number of ether oxygens (including phenoxy) is 1. The summed E-state index contributed by atoms with van der Waals surface area (Å²) in [5.74, 6) is 1.08. The van der Waals surface area contributed by atoms with Gasteiger partial charge in [0.1, 0.15) is 5.75 Å². The molecule has 0 aliphatic carbocycles. The first-order valence-electron chi connectivity index (χ1n) is 8.68. The predicted molar refractivity (Wildman–Crippen MR) is 95.4 cm³/mol. The maximum absolute atomic E-state index is 13.0. The first-order chi connectivity index (χ1) is 12.8. The lowest BCUT2D eigenvalue weighted by Gasteiger charge is -2.24. The monoisotopic (exact) mass is 349 g/mol. The van der Waals surface area contributed by atoms with E-state index in [0.29, 0.717) is 11.6 Å². The third-order valence-corrected chi connectivity index (χ3v) is 4.46. The highest BCUT2D eigenvalue weighted by Gasteiger charge is 2.29. The number of nitrogens with zero attached hydrogens (tertiary/aromatic N) is 3. The molecule has 6 nitrogen and oxygen atoms in total. The van der Waals surface area contributed by atoms with Crippen molar-refractivity contribution in [3.8, 4) is 17.2 Å². The average Bonchev–Trinajstić information content (AvgIpc) is 3.41. The molecule has 1 aliphatic rings. The summed E-state index contributed by atoms with van der Waals surface area (Å²) in [6.45, 7) is 1.59. The van der Waals surface area contributed by atoms with Crippen LogP contribution in [0.4, 0.5) is 0 Å². The summed E-state index contributed by atoms with van der Waals surface area (Å²) in [4.78, 5) is 14.9. The van der Waals surface area contributed by atoms with Crippen LogP contribution in [0.1, 0.15) is 24.5 Å². The van der Waals surface area contributed by atoms with E-state index in [2.05, 4.69) is 10.2 Å². The molecule has 3 aromatic rings. The Balaban J connectivity index is 1.57. The van der Waals surface area contributed by atoms with E-state index in [9.17, 15) is 4.79 Å². The standard InChI is InChI=1S/C20H19N3O3/c24-20(23-12-4-5-13-23)18(15-6-2-1-3-7-15)26-17-10-8-16(9-11-17)19-22-21-14-25-19/h1-3,6-11,14,18H,4-5,12-13H2/t18-/m1/s1. The second kappa shape index (κ2) is 7.39. The van der Waals surface area contributed by atoms with Gasteiger partial charge in [-0.25, -0.2) is 0 Å². The minimum absolute atomic E-state index is 0.00896. The van der Waals surface area contributed by atoms with Crippen molar-refractivity contribution < 1.29 is 13.9 Å². The van der Waals surface area contributed by atoms with E-state index in [4.69, 9.17) is 9.15 Å². The van der Waals surface area contributed by atoms with Crippen molar-refractivity contribution in [1.29, 1.82) is 0 Å². The van der Waals surface area contributed by atoms with Gasteiger partial charge in [-0.05, 0) is 37.1 Å². The van der Waals surface area contributed by atoms with Crippen molar-refractivity contribution in [2.75, 3.05) is 13.1 Å². The van der Waals surface area contributed by atoms with Crippen LogP contribution in [0.15, 0.2) is 65.4 Å². The molecular formula is C20H19N3O3. The van der Waals surface area contributed by atoms with Gasteiger partial charge in [0.2, 0.25) is 18.4 Å². The third-order valence-electron chi connectivity index (χ3n) is 4.46. The van der Waals surface area contributed by atoms with Gasteiger partial charge in [-0.1, -0.05) is 30.3 Å². The molecule has 1 amide bonds. The van der Waals surface area contributed by atoms with Crippen molar-refractivity contribution >= 4 is 5.91 Å². The molecule has 1 fully saturated rings. The lowest BCUT2D eigenvalue weighted by atomic mass is 10.1. The number of amides is 1.